The van der Waals surface area contributed by atoms with Crippen LogP contribution in [0.15, 0.2) is 0 Å². The Morgan fingerprint density at radius 2 is 2.23 bits per heavy atom. The van der Waals surface area contributed by atoms with Gasteiger partial charge in [-0.1, -0.05) is 19.8 Å². The van der Waals surface area contributed by atoms with Crippen LogP contribution in [0.1, 0.15) is 39.5 Å². The number of nitrogens with zero attached hydrogens (tertiary/aromatic N) is 1. The van der Waals surface area contributed by atoms with E-state index in [0.29, 0.717) is 0 Å². The molecule has 1 heterocycles. The molecule has 0 aliphatic carbocycles. The number of likely N-dealkylation sites (tertiary alicyclic amines) is 1. The zero-order chi connectivity index (χ0) is 9.68. The minimum atomic E-state index is 0.795. The molecule has 0 radical (unpaired) electrons. The number of hydrogen-bond acceptors (Lipinski definition) is 2. The van der Waals surface area contributed by atoms with E-state index in [-0.39, 0.29) is 0 Å². The summed E-state index contributed by atoms with van der Waals surface area (Å²) in [5.74, 6) is 1.84. The summed E-state index contributed by atoms with van der Waals surface area (Å²) in [4.78, 5) is 2.65. The van der Waals surface area contributed by atoms with Crippen molar-refractivity contribution in [3.8, 4) is 0 Å². The monoisotopic (exact) mass is 201 g/mol. The van der Waals surface area contributed by atoms with Gasteiger partial charge in [0.05, 0.1) is 0 Å². The highest BCUT2D eigenvalue weighted by Crippen LogP contribution is 2.19. The zero-order valence-corrected chi connectivity index (χ0v) is 9.89. The lowest BCUT2D eigenvalue weighted by molar-refractivity contribution is 0.140. The van der Waals surface area contributed by atoms with Gasteiger partial charge in [0, 0.05) is 12.6 Å². The molecule has 1 saturated heterocycles. The second-order valence-electron chi connectivity index (χ2n) is 4.30. The molecule has 0 aromatic rings. The van der Waals surface area contributed by atoms with E-state index in [4.69, 9.17) is 0 Å². The number of hydrogen-bond donors (Lipinski definition) is 1. The molecule has 0 amide bonds. The van der Waals surface area contributed by atoms with Gasteiger partial charge < -0.3 is 4.90 Å². The largest absolute Gasteiger partial charge is 0.300 e. The molecule has 0 saturated carbocycles. The van der Waals surface area contributed by atoms with Crippen LogP contribution in [-0.4, -0.2) is 29.8 Å². The first-order valence-corrected chi connectivity index (χ1v) is 6.26. The molecule has 0 bridgehead atoms. The van der Waals surface area contributed by atoms with Crippen LogP contribution in [0.5, 0.6) is 0 Å². The predicted octanol–water partition coefficient (Wildman–Crippen LogP) is 2.82. The Bertz CT molecular complexity index is 134. The molecule has 1 rings (SSSR count). The highest BCUT2D eigenvalue weighted by molar-refractivity contribution is 7.80. The second-order valence-corrected chi connectivity index (χ2v) is 4.66. The van der Waals surface area contributed by atoms with E-state index in [2.05, 4.69) is 31.4 Å². The number of rotatable bonds is 4. The van der Waals surface area contributed by atoms with Crippen LogP contribution in [0.4, 0.5) is 0 Å². The molecule has 13 heavy (non-hydrogen) atoms. The predicted molar refractivity (Wildman–Crippen MR) is 62.5 cm³/mol. The summed E-state index contributed by atoms with van der Waals surface area (Å²) in [5, 5.41) is 0. The van der Waals surface area contributed by atoms with Crippen molar-refractivity contribution < 1.29 is 0 Å². The molecule has 1 nitrogen and oxygen atoms in total. The molecule has 2 heteroatoms. The third kappa shape index (κ3) is 3.51. The van der Waals surface area contributed by atoms with Gasteiger partial charge in [-0.05, 0) is 38.0 Å². The normalized spacial score (nSPS) is 27.5. The summed E-state index contributed by atoms with van der Waals surface area (Å²) in [7, 11) is 0. The lowest BCUT2D eigenvalue weighted by atomic mass is 10.0. The molecule has 0 aromatic heterocycles. The number of piperidine rings is 1. The Hall–Kier alpha value is 0.310. The van der Waals surface area contributed by atoms with Crippen molar-refractivity contribution in [3.63, 3.8) is 0 Å². The maximum absolute atomic E-state index is 4.40. The van der Waals surface area contributed by atoms with Gasteiger partial charge in [-0.2, -0.15) is 12.6 Å². The fourth-order valence-electron chi connectivity index (χ4n) is 2.08. The first kappa shape index (κ1) is 11.4. The molecule has 2 atom stereocenters. The van der Waals surface area contributed by atoms with E-state index >= 15 is 0 Å². The fourth-order valence-corrected chi connectivity index (χ4v) is 2.45. The average molecular weight is 201 g/mol. The van der Waals surface area contributed by atoms with Crippen molar-refractivity contribution >= 4 is 12.6 Å². The first-order chi connectivity index (χ1) is 6.27. The molecule has 0 spiro atoms. The first-order valence-electron chi connectivity index (χ1n) is 5.62. The number of thiol groups is 1. The van der Waals surface area contributed by atoms with Crippen molar-refractivity contribution in [2.45, 2.75) is 45.6 Å². The van der Waals surface area contributed by atoms with Gasteiger partial charge in [-0.15, -0.1) is 0 Å². The van der Waals surface area contributed by atoms with Crippen molar-refractivity contribution in [1.29, 1.82) is 0 Å². The van der Waals surface area contributed by atoms with Gasteiger partial charge in [0.1, 0.15) is 0 Å². The molecular formula is C11H23NS. The molecule has 78 valence electrons. The molecule has 1 aliphatic heterocycles. The van der Waals surface area contributed by atoms with E-state index in [0.717, 1.165) is 17.7 Å². The molecule has 0 N–H and O–H groups in total. The Balaban J connectivity index is 2.32. The third-order valence-corrected chi connectivity index (χ3v) is 3.79. The minimum absolute atomic E-state index is 0.795. The van der Waals surface area contributed by atoms with Crippen LogP contribution in [-0.2, 0) is 0 Å². The smallest absolute Gasteiger partial charge is 0.00670 e. The van der Waals surface area contributed by atoms with Crippen LogP contribution in [0.25, 0.3) is 0 Å². The Morgan fingerprint density at radius 3 is 2.77 bits per heavy atom. The van der Waals surface area contributed by atoms with E-state index in [1.165, 1.54) is 38.8 Å². The topological polar surface area (TPSA) is 3.24 Å². The molecule has 1 aliphatic rings. The standard InChI is InChI=1S/C11H23NS/c1-3-11(9-13)8-12-7-5-4-6-10(12)2/h10-11,13H,3-9H2,1-2H3. The summed E-state index contributed by atoms with van der Waals surface area (Å²) < 4.78 is 0. The SMILES string of the molecule is CCC(CS)CN1CCCCC1C. The van der Waals surface area contributed by atoms with Crippen LogP contribution in [0.2, 0.25) is 0 Å². The Morgan fingerprint density at radius 1 is 1.46 bits per heavy atom. The van der Waals surface area contributed by atoms with Gasteiger partial charge >= 0.3 is 0 Å². The lowest BCUT2D eigenvalue weighted by Crippen LogP contribution is -2.40. The fraction of sp³-hybridized carbons (Fsp3) is 1.00. The molecule has 1 fully saturated rings. The van der Waals surface area contributed by atoms with Gasteiger partial charge in [0.2, 0.25) is 0 Å². The highest BCUT2D eigenvalue weighted by Gasteiger charge is 2.20. The van der Waals surface area contributed by atoms with Crippen LogP contribution < -0.4 is 0 Å². The molecule has 2 unspecified atom stereocenters. The van der Waals surface area contributed by atoms with Crippen LogP contribution >= 0.6 is 12.6 Å². The minimum Gasteiger partial charge on any atom is -0.300 e. The summed E-state index contributed by atoms with van der Waals surface area (Å²) in [6.45, 7) is 7.21. The van der Waals surface area contributed by atoms with Crippen molar-refractivity contribution in [3.05, 3.63) is 0 Å². The van der Waals surface area contributed by atoms with Gasteiger partial charge in [0.25, 0.3) is 0 Å². The van der Waals surface area contributed by atoms with Crippen LogP contribution in [0, 0.1) is 5.92 Å². The van der Waals surface area contributed by atoms with E-state index in [1.54, 1.807) is 0 Å². The van der Waals surface area contributed by atoms with Crippen molar-refractivity contribution in [1.82, 2.24) is 4.90 Å². The zero-order valence-electron chi connectivity index (χ0n) is 9.00. The summed E-state index contributed by atoms with van der Waals surface area (Å²) in [6.07, 6.45) is 5.48. The summed E-state index contributed by atoms with van der Waals surface area (Å²) in [5.41, 5.74) is 0. The quantitative estimate of drug-likeness (QED) is 0.685. The van der Waals surface area contributed by atoms with E-state index < -0.39 is 0 Å². The second kappa shape index (κ2) is 5.92. The average Bonchev–Trinajstić information content (AvgIpc) is 2.17. The molecule has 0 aromatic carbocycles. The van der Waals surface area contributed by atoms with Gasteiger partial charge in [-0.3, -0.25) is 0 Å². The summed E-state index contributed by atoms with van der Waals surface area (Å²) >= 11 is 4.40. The third-order valence-electron chi connectivity index (χ3n) is 3.27. The highest BCUT2D eigenvalue weighted by atomic mass is 32.1. The van der Waals surface area contributed by atoms with Crippen LogP contribution in [0.3, 0.4) is 0 Å². The van der Waals surface area contributed by atoms with Crippen molar-refractivity contribution in [2.24, 2.45) is 5.92 Å². The Labute approximate surface area is 88.3 Å². The van der Waals surface area contributed by atoms with Gasteiger partial charge in [0.15, 0.2) is 0 Å². The van der Waals surface area contributed by atoms with E-state index in [1.807, 2.05) is 0 Å². The van der Waals surface area contributed by atoms with Crippen molar-refractivity contribution in [2.75, 3.05) is 18.8 Å². The summed E-state index contributed by atoms with van der Waals surface area (Å²) in [6, 6.07) is 0.808. The van der Waals surface area contributed by atoms with E-state index in [9.17, 15) is 0 Å². The molecular weight excluding hydrogens is 178 g/mol. The van der Waals surface area contributed by atoms with Gasteiger partial charge in [-0.25, -0.2) is 0 Å². The maximum Gasteiger partial charge on any atom is 0.00670 e. The Kier molecular flexibility index (Phi) is 5.18. The maximum atomic E-state index is 4.40. The lowest BCUT2D eigenvalue weighted by Gasteiger charge is -2.35.